The van der Waals surface area contributed by atoms with E-state index >= 15 is 0 Å². The smallest absolute Gasteiger partial charge is 0.271 e. The summed E-state index contributed by atoms with van der Waals surface area (Å²) in [7, 11) is 1.63. The summed E-state index contributed by atoms with van der Waals surface area (Å²) < 4.78 is 4.92. The second-order valence-electron chi connectivity index (χ2n) is 4.99. The molecule has 8 heteroatoms. The zero-order valence-electron chi connectivity index (χ0n) is 12.7. The number of amides is 2. The van der Waals surface area contributed by atoms with Gasteiger partial charge >= 0.3 is 0 Å². The number of aromatic nitrogens is 2. The number of hydrogen-bond donors (Lipinski definition) is 1. The molecule has 1 saturated heterocycles. The Labute approximate surface area is 129 Å². The number of methoxy groups -OCH3 is 1. The lowest BCUT2D eigenvalue weighted by Crippen LogP contribution is -2.46. The van der Waals surface area contributed by atoms with Gasteiger partial charge in [-0.2, -0.15) is 0 Å². The molecule has 2 rings (SSSR count). The van der Waals surface area contributed by atoms with Crippen molar-refractivity contribution in [2.24, 2.45) is 0 Å². The molecule has 0 radical (unpaired) electrons. The van der Waals surface area contributed by atoms with Gasteiger partial charge in [0.05, 0.1) is 12.4 Å². The number of nitrogens with zero attached hydrogens (tertiary/aromatic N) is 4. The summed E-state index contributed by atoms with van der Waals surface area (Å²) in [5.41, 5.74) is 0.299. The van der Waals surface area contributed by atoms with E-state index in [0.29, 0.717) is 31.9 Å². The molecule has 120 valence electrons. The van der Waals surface area contributed by atoms with Crippen molar-refractivity contribution in [1.82, 2.24) is 20.2 Å². The Balaban J connectivity index is 1.85. The number of carbonyl (C=O) groups is 2. The maximum absolute atomic E-state index is 11.9. The zero-order valence-corrected chi connectivity index (χ0v) is 12.7. The number of rotatable bonds is 7. The Morgan fingerprint density at radius 3 is 2.68 bits per heavy atom. The largest absolute Gasteiger partial charge is 0.385 e. The van der Waals surface area contributed by atoms with Crippen LogP contribution in [0.2, 0.25) is 0 Å². The van der Waals surface area contributed by atoms with E-state index in [1.165, 1.54) is 6.20 Å². The van der Waals surface area contributed by atoms with Gasteiger partial charge in [-0.15, -0.1) is 0 Å². The Hall–Kier alpha value is -2.22. The van der Waals surface area contributed by atoms with Gasteiger partial charge in [-0.3, -0.25) is 9.59 Å². The predicted octanol–water partition coefficient (Wildman–Crippen LogP) is -0.479. The Morgan fingerprint density at radius 1 is 1.32 bits per heavy atom. The Bertz CT molecular complexity index is 486. The minimum atomic E-state index is -0.235. The molecule has 0 atom stereocenters. The summed E-state index contributed by atoms with van der Waals surface area (Å²) in [5, 5.41) is 2.77. The van der Waals surface area contributed by atoms with Gasteiger partial charge < -0.3 is 19.9 Å². The molecule has 0 spiro atoms. The minimum absolute atomic E-state index is 0.235. The number of carbonyl (C=O) groups excluding carboxylic acids is 2. The number of piperazine rings is 1. The third-order valence-electron chi connectivity index (χ3n) is 3.47. The zero-order chi connectivity index (χ0) is 15.8. The highest BCUT2D eigenvalue weighted by Gasteiger charge is 2.17. The van der Waals surface area contributed by atoms with Crippen molar-refractivity contribution in [1.29, 1.82) is 0 Å². The lowest BCUT2D eigenvalue weighted by atomic mass is 10.3. The van der Waals surface area contributed by atoms with Crippen molar-refractivity contribution in [3.05, 3.63) is 18.1 Å². The van der Waals surface area contributed by atoms with Crippen LogP contribution in [0, 0.1) is 0 Å². The molecule has 0 aromatic carbocycles. The van der Waals surface area contributed by atoms with Crippen LogP contribution in [0.4, 0.5) is 5.82 Å². The highest BCUT2D eigenvalue weighted by Crippen LogP contribution is 2.11. The molecule has 1 aromatic rings. The molecule has 1 aliphatic rings. The molecular weight excluding hydrogens is 286 g/mol. The lowest BCUT2D eigenvalue weighted by Gasteiger charge is -2.33. The molecule has 0 saturated carbocycles. The van der Waals surface area contributed by atoms with Gasteiger partial charge in [0.1, 0.15) is 11.5 Å². The summed E-state index contributed by atoms with van der Waals surface area (Å²) in [6, 6.07) is 0. The summed E-state index contributed by atoms with van der Waals surface area (Å²) >= 11 is 0. The van der Waals surface area contributed by atoms with Gasteiger partial charge in [-0.1, -0.05) is 0 Å². The highest BCUT2D eigenvalue weighted by molar-refractivity contribution is 5.91. The molecule has 1 fully saturated rings. The Kier molecular flexibility index (Phi) is 6.08. The molecule has 0 aliphatic carbocycles. The number of nitrogens with one attached hydrogen (secondary N) is 1. The van der Waals surface area contributed by atoms with E-state index in [9.17, 15) is 9.59 Å². The fraction of sp³-hybridized carbons (Fsp3) is 0.571. The van der Waals surface area contributed by atoms with Crippen LogP contribution >= 0.6 is 0 Å². The van der Waals surface area contributed by atoms with Gasteiger partial charge in [-0.25, -0.2) is 9.97 Å². The van der Waals surface area contributed by atoms with Crippen LogP contribution in [-0.2, 0) is 9.53 Å². The van der Waals surface area contributed by atoms with Crippen molar-refractivity contribution in [2.45, 2.75) is 6.42 Å². The first-order valence-electron chi connectivity index (χ1n) is 7.28. The molecule has 22 heavy (non-hydrogen) atoms. The fourth-order valence-electron chi connectivity index (χ4n) is 2.17. The summed E-state index contributed by atoms with van der Waals surface area (Å²) in [6.45, 7) is 3.94. The topological polar surface area (TPSA) is 87.7 Å². The molecular formula is C14H21N5O3. The molecule has 8 nitrogen and oxygen atoms in total. The lowest BCUT2D eigenvalue weighted by molar-refractivity contribution is -0.118. The highest BCUT2D eigenvalue weighted by atomic mass is 16.5. The maximum atomic E-state index is 11.9. The molecule has 0 unspecified atom stereocenters. The van der Waals surface area contributed by atoms with Gasteiger partial charge in [0.25, 0.3) is 5.91 Å². The van der Waals surface area contributed by atoms with E-state index in [1.807, 2.05) is 4.90 Å². The number of hydrogen-bond acceptors (Lipinski definition) is 6. The number of ether oxygens (including phenoxy) is 1. The van der Waals surface area contributed by atoms with Crippen LogP contribution in [0.5, 0.6) is 0 Å². The third kappa shape index (κ3) is 4.39. The Morgan fingerprint density at radius 2 is 2.09 bits per heavy atom. The molecule has 2 heterocycles. The second kappa shape index (κ2) is 8.28. The van der Waals surface area contributed by atoms with Gasteiger partial charge in [-0.05, 0) is 6.42 Å². The maximum Gasteiger partial charge on any atom is 0.271 e. The van der Waals surface area contributed by atoms with Gasteiger partial charge in [0.15, 0.2) is 0 Å². The average molecular weight is 307 g/mol. The van der Waals surface area contributed by atoms with E-state index in [2.05, 4.69) is 15.3 Å². The second-order valence-corrected chi connectivity index (χ2v) is 4.99. The van der Waals surface area contributed by atoms with Gasteiger partial charge in [0.2, 0.25) is 6.41 Å². The average Bonchev–Trinajstić information content (AvgIpc) is 2.59. The first-order chi connectivity index (χ1) is 10.7. The van der Waals surface area contributed by atoms with E-state index in [-0.39, 0.29) is 5.91 Å². The van der Waals surface area contributed by atoms with Crippen molar-refractivity contribution in [2.75, 3.05) is 51.3 Å². The molecule has 0 bridgehead atoms. The summed E-state index contributed by atoms with van der Waals surface area (Å²) in [6.07, 6.45) is 4.70. The fourth-order valence-corrected chi connectivity index (χ4v) is 2.17. The van der Waals surface area contributed by atoms with E-state index in [4.69, 9.17) is 4.74 Å². The number of anilines is 1. The van der Waals surface area contributed by atoms with Crippen LogP contribution < -0.4 is 10.2 Å². The first kappa shape index (κ1) is 16.2. The van der Waals surface area contributed by atoms with Crippen molar-refractivity contribution in [3.63, 3.8) is 0 Å². The van der Waals surface area contributed by atoms with Crippen LogP contribution in [0.1, 0.15) is 16.9 Å². The monoisotopic (exact) mass is 307 g/mol. The van der Waals surface area contributed by atoms with Crippen LogP contribution in [0.25, 0.3) is 0 Å². The van der Waals surface area contributed by atoms with Crippen LogP contribution in [0.15, 0.2) is 12.4 Å². The van der Waals surface area contributed by atoms with Gasteiger partial charge in [0, 0.05) is 46.4 Å². The summed E-state index contributed by atoms with van der Waals surface area (Å²) in [5.74, 6) is 0.488. The third-order valence-corrected chi connectivity index (χ3v) is 3.47. The molecule has 1 aliphatic heterocycles. The normalized spacial score (nSPS) is 14.8. The van der Waals surface area contributed by atoms with Crippen molar-refractivity contribution >= 4 is 18.1 Å². The SMILES string of the molecule is COCCCNC(=O)c1cnc(N2CCN(C=O)CC2)cn1. The van der Waals surface area contributed by atoms with Crippen LogP contribution in [0.3, 0.4) is 0 Å². The quantitative estimate of drug-likeness (QED) is 0.541. The van der Waals surface area contributed by atoms with Crippen molar-refractivity contribution in [3.8, 4) is 0 Å². The standard InChI is InChI=1S/C14H21N5O3/c1-22-8-2-3-15-14(21)12-9-17-13(10-16-12)19-6-4-18(11-20)5-7-19/h9-11H,2-8H2,1H3,(H,15,21). The van der Waals surface area contributed by atoms with E-state index < -0.39 is 0 Å². The molecule has 2 amide bonds. The molecule has 1 aromatic heterocycles. The van der Waals surface area contributed by atoms with E-state index in [1.54, 1.807) is 18.2 Å². The first-order valence-corrected chi connectivity index (χ1v) is 7.28. The van der Waals surface area contributed by atoms with E-state index in [0.717, 1.165) is 31.7 Å². The predicted molar refractivity (Wildman–Crippen MR) is 80.7 cm³/mol. The molecule has 1 N–H and O–H groups in total. The minimum Gasteiger partial charge on any atom is -0.385 e. The van der Waals surface area contributed by atoms with Crippen LogP contribution in [-0.4, -0.2) is 73.6 Å². The summed E-state index contributed by atoms with van der Waals surface area (Å²) in [4.78, 5) is 34.8. The van der Waals surface area contributed by atoms with Crippen molar-refractivity contribution < 1.29 is 14.3 Å².